The van der Waals surface area contributed by atoms with Crippen LogP contribution in [0.2, 0.25) is 0 Å². The van der Waals surface area contributed by atoms with Crippen LogP contribution in [0.3, 0.4) is 0 Å². The Hall–Kier alpha value is -1.88. The van der Waals surface area contributed by atoms with Crippen LogP contribution in [0.5, 0.6) is 0 Å². The number of benzene rings is 1. The summed E-state index contributed by atoms with van der Waals surface area (Å²) in [5.74, 6) is 0. The van der Waals surface area contributed by atoms with Gasteiger partial charge in [-0.3, -0.25) is 10.1 Å². The van der Waals surface area contributed by atoms with Gasteiger partial charge in [0.2, 0.25) is 0 Å². The molecule has 2 rings (SSSR count). The van der Waals surface area contributed by atoms with Gasteiger partial charge >= 0.3 is 0 Å². The number of nitrogens with zero attached hydrogens (tertiary/aromatic N) is 1. The van der Waals surface area contributed by atoms with Crippen molar-refractivity contribution in [2.45, 2.75) is 13.3 Å². The quantitative estimate of drug-likeness (QED) is 0.612. The second kappa shape index (κ2) is 3.94. The highest BCUT2D eigenvalue weighted by Gasteiger charge is 2.17. The van der Waals surface area contributed by atoms with Gasteiger partial charge in [-0.1, -0.05) is 0 Å². The van der Waals surface area contributed by atoms with Crippen LogP contribution in [0.4, 0.5) is 5.69 Å². The average molecular weight is 220 g/mol. The van der Waals surface area contributed by atoms with Gasteiger partial charge in [-0.05, 0) is 19.1 Å². The molecule has 1 aromatic carbocycles. The third-order valence-electron chi connectivity index (χ3n) is 2.58. The number of hydrogen-bond donors (Lipinski definition) is 2. The molecule has 0 bridgehead atoms. The van der Waals surface area contributed by atoms with E-state index in [1.807, 2.05) is 13.0 Å². The molecule has 0 spiro atoms. The number of nitro benzene ring substituents is 1. The lowest BCUT2D eigenvalue weighted by Gasteiger charge is -2.02. The van der Waals surface area contributed by atoms with Crippen LogP contribution in [0.15, 0.2) is 18.2 Å². The Labute approximate surface area is 91.9 Å². The van der Waals surface area contributed by atoms with Gasteiger partial charge in [0.15, 0.2) is 0 Å². The molecule has 0 saturated carbocycles. The minimum Gasteiger partial charge on any atom is -0.396 e. The summed E-state index contributed by atoms with van der Waals surface area (Å²) in [6, 6.07) is 5.04. The highest BCUT2D eigenvalue weighted by molar-refractivity contribution is 5.87. The molecule has 16 heavy (non-hydrogen) atoms. The van der Waals surface area contributed by atoms with Crippen molar-refractivity contribution in [2.24, 2.45) is 0 Å². The standard InChI is InChI=1S/C11H12N2O3/c1-7-6-9-8(4-5-14)11(13(15)16)3-2-10(9)12-7/h2-3,6,12,14H,4-5H2,1H3. The monoisotopic (exact) mass is 220 g/mol. The van der Waals surface area contributed by atoms with E-state index in [1.54, 1.807) is 6.07 Å². The van der Waals surface area contributed by atoms with Crippen molar-refractivity contribution in [3.05, 3.63) is 39.6 Å². The number of aromatic nitrogens is 1. The molecule has 0 fully saturated rings. The molecule has 84 valence electrons. The minimum absolute atomic E-state index is 0.0700. The molecule has 2 aromatic rings. The Morgan fingerprint density at radius 1 is 1.50 bits per heavy atom. The number of hydrogen-bond acceptors (Lipinski definition) is 3. The first-order valence-corrected chi connectivity index (χ1v) is 5.00. The van der Waals surface area contributed by atoms with Crippen LogP contribution < -0.4 is 0 Å². The highest BCUT2D eigenvalue weighted by atomic mass is 16.6. The van der Waals surface area contributed by atoms with Crippen molar-refractivity contribution in [3.63, 3.8) is 0 Å². The van der Waals surface area contributed by atoms with E-state index >= 15 is 0 Å². The molecule has 0 unspecified atom stereocenters. The predicted octanol–water partition coefficient (Wildman–Crippen LogP) is 1.92. The van der Waals surface area contributed by atoms with Crippen molar-refractivity contribution < 1.29 is 10.0 Å². The Kier molecular flexibility index (Phi) is 2.62. The maximum absolute atomic E-state index is 10.9. The van der Waals surface area contributed by atoms with Crippen molar-refractivity contribution in [2.75, 3.05) is 6.61 Å². The molecule has 0 aliphatic heterocycles. The van der Waals surface area contributed by atoms with Gasteiger partial charge in [0.05, 0.1) is 4.92 Å². The Morgan fingerprint density at radius 2 is 2.25 bits per heavy atom. The van der Waals surface area contributed by atoms with E-state index in [0.29, 0.717) is 12.0 Å². The molecule has 2 N–H and O–H groups in total. The fourth-order valence-corrected chi connectivity index (χ4v) is 1.94. The number of rotatable bonds is 3. The lowest BCUT2D eigenvalue weighted by molar-refractivity contribution is -0.385. The summed E-state index contributed by atoms with van der Waals surface area (Å²) in [5, 5.41) is 20.6. The van der Waals surface area contributed by atoms with Crippen molar-refractivity contribution >= 4 is 16.6 Å². The first-order valence-electron chi connectivity index (χ1n) is 5.00. The van der Waals surface area contributed by atoms with E-state index in [-0.39, 0.29) is 12.3 Å². The topological polar surface area (TPSA) is 79.2 Å². The summed E-state index contributed by atoms with van der Waals surface area (Å²) in [6.07, 6.45) is 0.297. The van der Waals surface area contributed by atoms with Crippen LogP contribution in [0, 0.1) is 17.0 Å². The molecule has 0 atom stereocenters. The van der Waals surface area contributed by atoms with Crippen LogP contribution >= 0.6 is 0 Å². The molecule has 0 aliphatic carbocycles. The van der Waals surface area contributed by atoms with Crippen LogP contribution in [-0.4, -0.2) is 21.6 Å². The minimum atomic E-state index is -0.410. The predicted molar refractivity (Wildman–Crippen MR) is 60.5 cm³/mol. The Bertz CT molecular complexity index is 545. The number of H-pyrrole nitrogens is 1. The second-order valence-electron chi connectivity index (χ2n) is 3.71. The average Bonchev–Trinajstić information content (AvgIpc) is 2.59. The van der Waals surface area contributed by atoms with E-state index in [9.17, 15) is 10.1 Å². The maximum Gasteiger partial charge on any atom is 0.273 e. The first kappa shape index (κ1) is 10.6. The van der Waals surface area contributed by atoms with E-state index < -0.39 is 4.92 Å². The van der Waals surface area contributed by atoms with E-state index in [4.69, 9.17) is 5.11 Å². The maximum atomic E-state index is 10.9. The molecular formula is C11H12N2O3. The summed E-state index contributed by atoms with van der Waals surface area (Å²) in [6.45, 7) is 1.80. The summed E-state index contributed by atoms with van der Waals surface area (Å²) >= 11 is 0. The van der Waals surface area contributed by atoms with Gasteiger partial charge in [-0.15, -0.1) is 0 Å². The van der Waals surface area contributed by atoms with Crippen molar-refractivity contribution in [1.82, 2.24) is 4.98 Å². The summed E-state index contributed by atoms with van der Waals surface area (Å²) in [5.41, 5.74) is 2.48. The zero-order valence-corrected chi connectivity index (χ0v) is 8.86. The van der Waals surface area contributed by atoms with Crippen molar-refractivity contribution in [3.8, 4) is 0 Å². The van der Waals surface area contributed by atoms with Gasteiger partial charge in [-0.2, -0.15) is 0 Å². The number of nitro groups is 1. The van der Waals surface area contributed by atoms with Crippen molar-refractivity contribution in [1.29, 1.82) is 0 Å². The Balaban J connectivity index is 2.72. The molecule has 0 saturated heterocycles. The number of aromatic amines is 1. The third kappa shape index (κ3) is 1.65. The number of aliphatic hydroxyl groups is 1. The van der Waals surface area contributed by atoms with E-state index in [1.165, 1.54) is 6.07 Å². The van der Waals surface area contributed by atoms with Gasteiger partial charge in [0.25, 0.3) is 5.69 Å². The molecule has 0 radical (unpaired) electrons. The summed E-state index contributed by atoms with van der Waals surface area (Å²) < 4.78 is 0. The smallest absolute Gasteiger partial charge is 0.273 e. The summed E-state index contributed by atoms with van der Waals surface area (Å²) in [4.78, 5) is 13.6. The molecule has 5 nitrogen and oxygen atoms in total. The highest BCUT2D eigenvalue weighted by Crippen LogP contribution is 2.28. The third-order valence-corrected chi connectivity index (χ3v) is 2.58. The number of fused-ring (bicyclic) bond motifs is 1. The van der Waals surface area contributed by atoms with Gasteiger partial charge in [-0.25, -0.2) is 0 Å². The van der Waals surface area contributed by atoms with Crippen LogP contribution in [0.1, 0.15) is 11.3 Å². The summed E-state index contributed by atoms with van der Waals surface area (Å²) in [7, 11) is 0. The van der Waals surface area contributed by atoms with Crippen LogP contribution in [-0.2, 0) is 6.42 Å². The molecule has 1 aromatic heterocycles. The van der Waals surface area contributed by atoms with Gasteiger partial charge in [0.1, 0.15) is 0 Å². The number of aryl methyl sites for hydroxylation is 1. The number of aliphatic hydroxyl groups excluding tert-OH is 1. The van der Waals surface area contributed by atoms with Crippen LogP contribution in [0.25, 0.3) is 10.9 Å². The largest absolute Gasteiger partial charge is 0.396 e. The van der Waals surface area contributed by atoms with Gasteiger partial charge in [0, 0.05) is 41.3 Å². The molecule has 5 heteroatoms. The lowest BCUT2D eigenvalue weighted by Crippen LogP contribution is -1.98. The molecule has 0 aliphatic rings. The fraction of sp³-hybridized carbons (Fsp3) is 0.273. The first-order chi connectivity index (χ1) is 7.63. The number of nitrogens with one attached hydrogen (secondary N) is 1. The second-order valence-corrected chi connectivity index (χ2v) is 3.71. The zero-order chi connectivity index (χ0) is 11.7. The molecule has 1 heterocycles. The fourth-order valence-electron chi connectivity index (χ4n) is 1.94. The molecule has 0 amide bonds. The van der Waals surface area contributed by atoms with E-state index in [2.05, 4.69) is 4.98 Å². The lowest BCUT2D eigenvalue weighted by atomic mass is 10.1. The normalized spacial score (nSPS) is 10.9. The van der Waals surface area contributed by atoms with Gasteiger partial charge < -0.3 is 10.1 Å². The Morgan fingerprint density at radius 3 is 2.88 bits per heavy atom. The zero-order valence-electron chi connectivity index (χ0n) is 8.86. The van der Waals surface area contributed by atoms with E-state index in [0.717, 1.165) is 16.6 Å². The SMILES string of the molecule is Cc1cc2c(CCO)c([N+](=O)[O-])ccc2[nH]1. The molecular weight excluding hydrogens is 208 g/mol.